The summed E-state index contributed by atoms with van der Waals surface area (Å²) in [5.41, 5.74) is 0.909. The molecule has 2 nitrogen and oxygen atoms in total. The summed E-state index contributed by atoms with van der Waals surface area (Å²) in [7, 11) is 0. The molecule has 1 atom stereocenters. The maximum atomic E-state index is 12.9. The van der Waals surface area contributed by atoms with Crippen LogP contribution in [0.2, 0.25) is 0 Å². The number of aromatic nitrogens is 1. The maximum absolute atomic E-state index is 12.9. The van der Waals surface area contributed by atoms with Gasteiger partial charge in [0.1, 0.15) is 5.82 Å². The zero-order chi connectivity index (χ0) is 13.7. The van der Waals surface area contributed by atoms with Gasteiger partial charge in [-0.15, -0.1) is 11.3 Å². The first-order valence-corrected chi connectivity index (χ1v) is 7.43. The van der Waals surface area contributed by atoms with Crippen molar-refractivity contribution in [1.29, 1.82) is 0 Å². The van der Waals surface area contributed by atoms with Gasteiger partial charge in [-0.3, -0.25) is 4.98 Å². The number of hydrogen-bond donors (Lipinski definition) is 1. The molecule has 2 rings (SSSR count). The maximum Gasteiger partial charge on any atom is 0.141 e. The third kappa shape index (κ3) is 4.40. The van der Waals surface area contributed by atoms with E-state index in [0.717, 1.165) is 18.5 Å². The highest BCUT2D eigenvalue weighted by atomic mass is 32.1. The van der Waals surface area contributed by atoms with E-state index in [-0.39, 0.29) is 11.9 Å². The molecule has 1 N–H and O–H groups in total. The van der Waals surface area contributed by atoms with E-state index in [1.807, 2.05) is 0 Å². The molecule has 0 aromatic carbocycles. The minimum atomic E-state index is -0.287. The number of pyridine rings is 1. The van der Waals surface area contributed by atoms with E-state index >= 15 is 0 Å². The fourth-order valence-corrected chi connectivity index (χ4v) is 2.78. The Morgan fingerprint density at radius 1 is 1.32 bits per heavy atom. The molecule has 2 heterocycles. The van der Waals surface area contributed by atoms with Crippen LogP contribution in [0.1, 0.15) is 36.9 Å². The second kappa shape index (κ2) is 6.78. The third-order valence-corrected chi connectivity index (χ3v) is 3.84. The average molecular weight is 278 g/mol. The van der Waals surface area contributed by atoms with Crippen molar-refractivity contribution < 1.29 is 4.39 Å². The molecule has 2 aromatic rings. The van der Waals surface area contributed by atoms with Crippen molar-refractivity contribution in [2.24, 2.45) is 0 Å². The Bertz CT molecular complexity index is 479. The van der Waals surface area contributed by atoms with Gasteiger partial charge in [-0.25, -0.2) is 4.39 Å². The van der Waals surface area contributed by atoms with Crippen molar-refractivity contribution in [3.8, 4) is 0 Å². The highest BCUT2D eigenvalue weighted by Gasteiger charge is 2.14. The second-order valence-electron chi connectivity index (χ2n) is 4.89. The zero-order valence-corrected chi connectivity index (χ0v) is 12.1. The summed E-state index contributed by atoms with van der Waals surface area (Å²) in [6.07, 6.45) is 3.27. The van der Waals surface area contributed by atoms with Gasteiger partial charge in [0.2, 0.25) is 0 Å². The first-order valence-electron chi connectivity index (χ1n) is 6.55. The predicted molar refractivity (Wildman–Crippen MR) is 77.8 cm³/mol. The average Bonchev–Trinajstić information content (AvgIpc) is 2.88. The molecule has 4 heteroatoms. The van der Waals surface area contributed by atoms with Gasteiger partial charge in [0.15, 0.2) is 0 Å². The minimum absolute atomic E-state index is 0.169. The molecule has 0 bridgehead atoms. The number of thiophene rings is 1. The van der Waals surface area contributed by atoms with Crippen LogP contribution in [0.4, 0.5) is 4.39 Å². The van der Waals surface area contributed by atoms with E-state index in [1.54, 1.807) is 17.4 Å². The van der Waals surface area contributed by atoms with Crippen molar-refractivity contribution in [2.45, 2.75) is 38.8 Å². The first kappa shape index (κ1) is 14.2. The lowest BCUT2D eigenvalue weighted by atomic mass is 10.1. The molecule has 0 saturated heterocycles. The van der Waals surface area contributed by atoms with Crippen LogP contribution in [0.3, 0.4) is 0 Å². The molecule has 0 aliphatic carbocycles. The normalized spacial score (nSPS) is 12.8. The van der Waals surface area contributed by atoms with Gasteiger partial charge >= 0.3 is 0 Å². The highest BCUT2D eigenvalue weighted by molar-refractivity contribution is 7.09. The van der Waals surface area contributed by atoms with Crippen LogP contribution in [0.15, 0.2) is 35.8 Å². The molecule has 0 aliphatic heterocycles. The molecule has 0 saturated carbocycles. The van der Waals surface area contributed by atoms with Gasteiger partial charge in [-0.2, -0.15) is 0 Å². The van der Waals surface area contributed by atoms with Gasteiger partial charge < -0.3 is 5.32 Å². The quantitative estimate of drug-likeness (QED) is 0.865. The molecular formula is C15H19FN2S. The number of halogens is 1. The van der Waals surface area contributed by atoms with Crippen LogP contribution in [0.5, 0.6) is 0 Å². The van der Waals surface area contributed by atoms with Crippen LogP contribution >= 0.6 is 11.3 Å². The summed E-state index contributed by atoms with van der Waals surface area (Å²) < 4.78 is 12.9. The smallest absolute Gasteiger partial charge is 0.141 e. The number of hydrogen-bond acceptors (Lipinski definition) is 3. The lowest BCUT2D eigenvalue weighted by Gasteiger charge is -2.20. The fraction of sp³-hybridized carbons (Fsp3) is 0.400. The molecule has 0 amide bonds. The van der Waals surface area contributed by atoms with Crippen molar-refractivity contribution >= 4 is 11.3 Å². The van der Waals surface area contributed by atoms with Crippen molar-refractivity contribution in [2.75, 3.05) is 0 Å². The SMILES string of the molecule is CC(C)NC(CCc1cccs1)c1ccc(F)cn1. The van der Waals surface area contributed by atoms with Gasteiger partial charge in [0.25, 0.3) is 0 Å². The van der Waals surface area contributed by atoms with Crippen molar-refractivity contribution in [3.05, 3.63) is 52.2 Å². The largest absolute Gasteiger partial charge is 0.306 e. The topological polar surface area (TPSA) is 24.9 Å². The third-order valence-electron chi connectivity index (χ3n) is 2.90. The van der Waals surface area contributed by atoms with E-state index in [9.17, 15) is 4.39 Å². The number of nitrogens with zero attached hydrogens (tertiary/aromatic N) is 1. The lowest BCUT2D eigenvalue weighted by Crippen LogP contribution is -2.29. The Kier molecular flexibility index (Phi) is 5.05. The molecule has 19 heavy (non-hydrogen) atoms. The molecule has 1 unspecified atom stereocenters. The number of rotatable bonds is 6. The summed E-state index contributed by atoms with van der Waals surface area (Å²) in [5, 5.41) is 5.59. The summed E-state index contributed by atoms with van der Waals surface area (Å²) in [4.78, 5) is 5.57. The molecule has 102 valence electrons. The predicted octanol–water partition coefficient (Wildman–Crippen LogP) is 3.95. The Hall–Kier alpha value is -1.26. The van der Waals surface area contributed by atoms with E-state index in [2.05, 4.69) is 41.7 Å². The Morgan fingerprint density at radius 2 is 2.16 bits per heavy atom. The second-order valence-corrected chi connectivity index (χ2v) is 5.93. The van der Waals surface area contributed by atoms with Gasteiger partial charge in [-0.05, 0) is 36.4 Å². The van der Waals surface area contributed by atoms with Gasteiger partial charge in [-0.1, -0.05) is 19.9 Å². The molecule has 2 aromatic heterocycles. The number of nitrogens with one attached hydrogen (secondary N) is 1. The fourth-order valence-electron chi connectivity index (χ4n) is 2.05. The Balaban J connectivity index is 2.04. The Morgan fingerprint density at radius 3 is 2.74 bits per heavy atom. The first-order chi connectivity index (χ1) is 9.15. The molecule has 0 radical (unpaired) electrons. The van der Waals surface area contributed by atoms with Gasteiger partial charge in [0.05, 0.1) is 17.9 Å². The van der Waals surface area contributed by atoms with Crippen LogP contribution < -0.4 is 5.32 Å². The van der Waals surface area contributed by atoms with Crippen LogP contribution in [-0.4, -0.2) is 11.0 Å². The highest BCUT2D eigenvalue weighted by Crippen LogP contribution is 2.20. The molecule has 0 fully saturated rings. The molecule has 0 aliphatic rings. The van der Waals surface area contributed by atoms with Crippen LogP contribution in [0.25, 0.3) is 0 Å². The van der Waals surface area contributed by atoms with E-state index in [1.165, 1.54) is 17.1 Å². The summed E-state index contributed by atoms with van der Waals surface area (Å²) >= 11 is 1.77. The monoisotopic (exact) mass is 278 g/mol. The van der Waals surface area contributed by atoms with Crippen molar-refractivity contribution in [1.82, 2.24) is 10.3 Å². The summed E-state index contributed by atoms with van der Waals surface area (Å²) in [5.74, 6) is -0.287. The van der Waals surface area contributed by atoms with E-state index < -0.39 is 0 Å². The Labute approximate surface area is 117 Å². The lowest BCUT2D eigenvalue weighted by molar-refractivity contribution is 0.443. The summed E-state index contributed by atoms with van der Waals surface area (Å²) in [6.45, 7) is 4.23. The van der Waals surface area contributed by atoms with Crippen molar-refractivity contribution in [3.63, 3.8) is 0 Å². The zero-order valence-electron chi connectivity index (χ0n) is 11.3. The van der Waals surface area contributed by atoms with E-state index in [0.29, 0.717) is 6.04 Å². The number of aryl methyl sites for hydroxylation is 1. The molecular weight excluding hydrogens is 259 g/mol. The summed E-state index contributed by atoms with van der Waals surface area (Å²) in [6, 6.07) is 8.01. The van der Waals surface area contributed by atoms with Gasteiger partial charge in [0, 0.05) is 10.9 Å². The molecule has 0 spiro atoms. The van der Waals surface area contributed by atoms with Crippen LogP contribution in [-0.2, 0) is 6.42 Å². The standard InChI is InChI=1S/C15H19FN2S/c1-11(2)18-15(8-6-13-4-3-9-19-13)14-7-5-12(16)10-17-14/h3-5,7,9-11,15,18H,6,8H2,1-2H3. The van der Waals surface area contributed by atoms with Crippen LogP contribution in [0, 0.1) is 5.82 Å². The van der Waals surface area contributed by atoms with E-state index in [4.69, 9.17) is 0 Å². The minimum Gasteiger partial charge on any atom is -0.306 e.